The molecule has 1 N–H and O–H groups in total. The molecule has 2 aromatic rings. The lowest BCUT2D eigenvalue weighted by molar-refractivity contribution is 0.109. The molecule has 1 aliphatic rings. The Balaban J connectivity index is 0.000000220. The third-order valence-electron chi connectivity index (χ3n) is 3.29. The van der Waals surface area contributed by atoms with E-state index < -0.39 is 0 Å². The number of aldehydes is 1. The van der Waals surface area contributed by atoms with Gasteiger partial charge < -0.3 is 14.0 Å². The van der Waals surface area contributed by atoms with E-state index in [1.165, 1.54) is 28.5 Å². The standard InChI is InChI=1S/C10H7NO2.C5H11N.CH3IOS/c12-7-9-6-10(11-13-9)8-4-2-1-3-5-8;1-6-5-3-2-4-5;1-3-4-2/h1-7H;5-6H,2-4H2,1H3;1H3. The number of aromatic nitrogens is 1. The van der Waals surface area contributed by atoms with Gasteiger partial charge in [0.2, 0.25) is 0 Å². The highest BCUT2D eigenvalue weighted by Gasteiger charge is 2.13. The van der Waals surface area contributed by atoms with Crippen LogP contribution in [0.25, 0.3) is 11.3 Å². The first kappa shape index (κ1) is 20.1. The van der Waals surface area contributed by atoms with Crippen molar-refractivity contribution in [3.8, 4) is 11.3 Å². The molecule has 1 aromatic heterocycles. The van der Waals surface area contributed by atoms with Crippen LogP contribution in [-0.2, 0) is 4.18 Å². The number of nitrogens with zero attached hydrogens (tertiary/aromatic N) is 1. The molecule has 23 heavy (non-hydrogen) atoms. The van der Waals surface area contributed by atoms with E-state index in [9.17, 15) is 4.79 Å². The highest BCUT2D eigenvalue weighted by atomic mass is 127. The SMILES string of the molecule is CNC1CCC1.COSI.O=Cc1cc(-c2ccccc2)no1. The van der Waals surface area contributed by atoms with Crippen molar-refractivity contribution in [2.75, 3.05) is 14.2 Å². The molecule has 0 spiro atoms. The van der Waals surface area contributed by atoms with E-state index in [0.717, 1.165) is 11.6 Å². The average molecular weight is 448 g/mol. The Labute approximate surface area is 153 Å². The Hall–Kier alpha value is -0.900. The molecule has 1 saturated carbocycles. The van der Waals surface area contributed by atoms with Crippen LogP contribution >= 0.6 is 30.4 Å². The smallest absolute Gasteiger partial charge is 0.199 e. The van der Waals surface area contributed by atoms with E-state index in [0.29, 0.717) is 12.0 Å². The Morgan fingerprint density at radius 1 is 1.39 bits per heavy atom. The van der Waals surface area contributed by atoms with Crippen LogP contribution in [0.15, 0.2) is 40.9 Å². The molecule has 3 rings (SSSR count). The van der Waals surface area contributed by atoms with Crippen molar-refractivity contribution in [3.05, 3.63) is 42.2 Å². The molecular weight excluding hydrogens is 427 g/mol. The maximum absolute atomic E-state index is 10.3. The van der Waals surface area contributed by atoms with Crippen LogP contribution in [-0.4, -0.2) is 31.6 Å². The second-order valence-corrected chi connectivity index (χ2v) is 6.28. The van der Waals surface area contributed by atoms with Crippen molar-refractivity contribution in [1.29, 1.82) is 0 Å². The summed E-state index contributed by atoms with van der Waals surface area (Å²) in [7, 11) is 4.99. The predicted molar refractivity (Wildman–Crippen MR) is 103 cm³/mol. The predicted octanol–water partition coefficient (Wildman–Crippen LogP) is 4.54. The van der Waals surface area contributed by atoms with Gasteiger partial charge in [0.15, 0.2) is 12.0 Å². The molecule has 0 radical (unpaired) electrons. The van der Waals surface area contributed by atoms with Gasteiger partial charge in [-0.1, -0.05) is 41.9 Å². The minimum atomic E-state index is 0.249. The van der Waals surface area contributed by atoms with E-state index in [1.807, 2.05) is 58.6 Å². The Kier molecular flexibility index (Phi) is 11.0. The Morgan fingerprint density at radius 3 is 2.39 bits per heavy atom. The normalized spacial score (nSPS) is 13.0. The molecular formula is C16H21IN2O3S. The van der Waals surface area contributed by atoms with Gasteiger partial charge in [-0.15, -0.1) is 0 Å². The monoisotopic (exact) mass is 448 g/mol. The van der Waals surface area contributed by atoms with Crippen molar-refractivity contribution in [2.24, 2.45) is 0 Å². The summed E-state index contributed by atoms with van der Waals surface area (Å²) >= 11 is 2.05. The van der Waals surface area contributed by atoms with E-state index in [4.69, 9.17) is 4.52 Å². The Bertz CT molecular complexity index is 543. The number of benzene rings is 1. The van der Waals surface area contributed by atoms with E-state index in [-0.39, 0.29) is 5.76 Å². The van der Waals surface area contributed by atoms with Crippen molar-refractivity contribution < 1.29 is 13.5 Å². The van der Waals surface area contributed by atoms with E-state index in [1.54, 1.807) is 13.2 Å². The number of carbonyl (C=O) groups is 1. The zero-order chi connectivity index (χ0) is 16.9. The van der Waals surface area contributed by atoms with Gasteiger partial charge in [0.05, 0.1) is 16.3 Å². The fraction of sp³-hybridized carbons (Fsp3) is 0.375. The molecule has 0 aliphatic heterocycles. The first-order valence-corrected chi connectivity index (χ1v) is 10.5. The number of halogens is 1. The third kappa shape index (κ3) is 7.96. The molecule has 7 heteroatoms. The zero-order valence-corrected chi connectivity index (χ0v) is 16.2. The molecule has 0 unspecified atom stereocenters. The summed E-state index contributed by atoms with van der Waals surface area (Å²) in [6.07, 6.45) is 4.87. The Morgan fingerprint density at radius 2 is 2.04 bits per heavy atom. The van der Waals surface area contributed by atoms with Crippen molar-refractivity contribution >= 4 is 36.7 Å². The van der Waals surface area contributed by atoms with Gasteiger partial charge in [-0.25, -0.2) is 0 Å². The minimum Gasteiger partial charge on any atom is -0.353 e. The van der Waals surface area contributed by atoms with Crippen molar-refractivity contribution in [2.45, 2.75) is 25.3 Å². The van der Waals surface area contributed by atoms with Crippen LogP contribution < -0.4 is 5.32 Å². The molecule has 1 heterocycles. The summed E-state index contributed by atoms with van der Waals surface area (Å²) in [6, 6.07) is 12.0. The fourth-order valence-electron chi connectivity index (χ4n) is 1.79. The van der Waals surface area contributed by atoms with E-state index in [2.05, 4.69) is 14.7 Å². The molecule has 126 valence electrons. The van der Waals surface area contributed by atoms with Gasteiger partial charge in [-0.05, 0) is 19.9 Å². The number of hydrogen-bond acceptors (Lipinski definition) is 6. The van der Waals surface area contributed by atoms with Gasteiger partial charge in [0, 0.05) is 38.9 Å². The largest absolute Gasteiger partial charge is 0.353 e. The van der Waals surface area contributed by atoms with Crippen LogP contribution in [0, 0.1) is 0 Å². The summed E-state index contributed by atoms with van der Waals surface area (Å²) in [5, 5.41) is 6.95. The first-order chi connectivity index (χ1) is 11.2. The minimum absolute atomic E-state index is 0.249. The maximum Gasteiger partial charge on any atom is 0.199 e. The summed E-state index contributed by atoms with van der Waals surface area (Å²) < 4.78 is 9.20. The van der Waals surface area contributed by atoms with Gasteiger partial charge in [0.25, 0.3) is 0 Å². The number of nitrogens with one attached hydrogen (secondary N) is 1. The quantitative estimate of drug-likeness (QED) is 0.421. The second-order valence-electron chi connectivity index (χ2n) is 4.74. The third-order valence-corrected chi connectivity index (χ3v) is 4.50. The van der Waals surface area contributed by atoms with Crippen LogP contribution in [0.4, 0.5) is 0 Å². The lowest BCUT2D eigenvalue weighted by Crippen LogP contribution is -2.31. The molecule has 1 aromatic carbocycles. The zero-order valence-electron chi connectivity index (χ0n) is 13.2. The average Bonchev–Trinajstić information content (AvgIpc) is 3.05. The topological polar surface area (TPSA) is 64.4 Å². The number of hydrogen-bond donors (Lipinski definition) is 1. The van der Waals surface area contributed by atoms with Gasteiger partial charge in [0.1, 0.15) is 5.69 Å². The van der Waals surface area contributed by atoms with Crippen LogP contribution in [0.3, 0.4) is 0 Å². The molecule has 1 aliphatic carbocycles. The molecule has 1 fully saturated rings. The summed E-state index contributed by atoms with van der Waals surface area (Å²) in [4.78, 5) is 10.3. The van der Waals surface area contributed by atoms with Crippen LogP contribution in [0.5, 0.6) is 0 Å². The van der Waals surface area contributed by atoms with Crippen molar-refractivity contribution in [1.82, 2.24) is 10.5 Å². The molecule has 5 nitrogen and oxygen atoms in total. The second kappa shape index (κ2) is 12.5. The number of rotatable bonds is 4. The van der Waals surface area contributed by atoms with Gasteiger partial charge in [-0.2, -0.15) is 0 Å². The highest BCUT2D eigenvalue weighted by molar-refractivity contribution is 14.2. The van der Waals surface area contributed by atoms with Gasteiger partial charge >= 0.3 is 0 Å². The highest BCUT2D eigenvalue weighted by Crippen LogP contribution is 2.17. The molecule has 0 atom stereocenters. The molecule has 0 saturated heterocycles. The molecule has 0 bridgehead atoms. The maximum atomic E-state index is 10.3. The fourth-order valence-corrected chi connectivity index (χ4v) is 1.79. The molecule has 0 amide bonds. The van der Waals surface area contributed by atoms with Crippen LogP contribution in [0.2, 0.25) is 0 Å². The van der Waals surface area contributed by atoms with Crippen molar-refractivity contribution in [3.63, 3.8) is 0 Å². The lowest BCUT2D eigenvalue weighted by Gasteiger charge is -2.23. The summed E-state index contributed by atoms with van der Waals surface area (Å²) in [5.41, 5.74) is 1.63. The first-order valence-electron chi connectivity index (χ1n) is 7.21. The number of carbonyl (C=O) groups excluding carboxylic acids is 1. The van der Waals surface area contributed by atoms with Crippen LogP contribution in [0.1, 0.15) is 29.8 Å². The summed E-state index contributed by atoms with van der Waals surface area (Å²) in [6.45, 7) is 0. The van der Waals surface area contributed by atoms with Gasteiger partial charge in [-0.3, -0.25) is 4.79 Å². The van der Waals surface area contributed by atoms with E-state index >= 15 is 0 Å². The lowest BCUT2D eigenvalue weighted by atomic mass is 9.94. The summed E-state index contributed by atoms with van der Waals surface area (Å²) in [5.74, 6) is 0.249.